The van der Waals surface area contributed by atoms with Gasteiger partial charge in [0.05, 0.1) is 11.4 Å². The number of hydrogen-bond acceptors (Lipinski definition) is 3. The van der Waals surface area contributed by atoms with Crippen LogP contribution >= 0.6 is 24.0 Å². The van der Waals surface area contributed by atoms with Gasteiger partial charge in [-0.1, -0.05) is 29.3 Å². The minimum absolute atomic E-state index is 0. The average molecular weight is 378 g/mol. The summed E-state index contributed by atoms with van der Waals surface area (Å²) in [5, 5.41) is 8.91. The zero-order valence-electron chi connectivity index (χ0n) is 14.2. The van der Waals surface area contributed by atoms with Gasteiger partial charge in [-0.15, -0.1) is 17.5 Å². The van der Waals surface area contributed by atoms with Crippen molar-refractivity contribution in [3.8, 4) is 0 Å². The number of nitrogens with two attached hydrogens (primary N) is 2. The Hall–Kier alpha value is -2.11. The quantitative estimate of drug-likeness (QED) is 0.476. The van der Waals surface area contributed by atoms with Crippen LogP contribution in [0.3, 0.4) is 0 Å². The number of aromatic nitrogens is 1. The van der Waals surface area contributed by atoms with Crippen molar-refractivity contribution in [2.24, 2.45) is 21.7 Å². The van der Waals surface area contributed by atoms with E-state index >= 15 is 0 Å². The van der Waals surface area contributed by atoms with Gasteiger partial charge in [0.15, 0.2) is 0 Å². The highest BCUT2D eigenvalue weighted by atomic mass is 35.5. The van der Waals surface area contributed by atoms with Gasteiger partial charge in [-0.3, -0.25) is 4.98 Å². The first-order chi connectivity index (χ1) is 11.5. The van der Waals surface area contributed by atoms with Gasteiger partial charge in [-0.05, 0) is 55.9 Å². The van der Waals surface area contributed by atoms with E-state index in [9.17, 15) is 0 Å². The number of guanidine groups is 1. The highest BCUT2D eigenvalue weighted by Crippen LogP contribution is 2.37. The number of fused-ring (bicyclic) bond motifs is 1. The predicted molar refractivity (Wildman–Crippen MR) is 106 cm³/mol. The van der Waals surface area contributed by atoms with E-state index in [1.807, 2.05) is 31.3 Å². The van der Waals surface area contributed by atoms with Crippen molar-refractivity contribution in [1.82, 2.24) is 4.98 Å². The molecule has 7 heteroatoms. The van der Waals surface area contributed by atoms with Crippen molar-refractivity contribution in [1.29, 1.82) is 0 Å². The summed E-state index contributed by atoms with van der Waals surface area (Å²) >= 11 is 6.44. The highest BCUT2D eigenvalue weighted by Gasteiger charge is 2.28. The molecule has 0 amide bonds. The van der Waals surface area contributed by atoms with Crippen LogP contribution in [0.2, 0.25) is 5.02 Å². The molecule has 1 aliphatic rings. The molecule has 0 bridgehead atoms. The normalized spacial score (nSPS) is 17.6. The molecule has 4 N–H and O–H groups in total. The number of rotatable bonds is 2. The van der Waals surface area contributed by atoms with Crippen molar-refractivity contribution in [2.75, 3.05) is 0 Å². The number of aryl methyl sites for hydroxylation is 2. The van der Waals surface area contributed by atoms with Crippen LogP contribution in [0.25, 0.3) is 0 Å². The molecule has 2 aromatic rings. The molecule has 1 aliphatic carbocycles. The molecule has 1 aromatic carbocycles. The van der Waals surface area contributed by atoms with E-state index in [2.05, 4.69) is 28.2 Å². The maximum absolute atomic E-state index is 6.44. The zero-order chi connectivity index (χ0) is 17.3. The first-order valence-corrected chi connectivity index (χ1v) is 8.20. The number of nitrogens with zero attached hydrogens (tertiary/aromatic N) is 3. The van der Waals surface area contributed by atoms with Crippen LogP contribution in [0.1, 0.15) is 40.3 Å². The number of halogens is 2. The lowest BCUT2D eigenvalue weighted by molar-refractivity contribution is 0.677. The van der Waals surface area contributed by atoms with Crippen LogP contribution in [0.15, 0.2) is 40.7 Å². The van der Waals surface area contributed by atoms with Crippen molar-refractivity contribution >= 4 is 35.7 Å². The van der Waals surface area contributed by atoms with Crippen LogP contribution in [0.5, 0.6) is 0 Å². The lowest BCUT2D eigenvalue weighted by Gasteiger charge is -2.27. The zero-order valence-corrected chi connectivity index (χ0v) is 15.7. The largest absolute Gasteiger partial charge is 0.369 e. The average Bonchev–Trinajstić information content (AvgIpc) is 2.54. The van der Waals surface area contributed by atoms with Crippen LogP contribution < -0.4 is 11.5 Å². The third-order valence-electron chi connectivity index (χ3n) is 4.28. The second-order valence-electron chi connectivity index (χ2n) is 6.15. The molecule has 3 rings (SSSR count). The molecule has 0 spiro atoms. The lowest BCUT2D eigenvalue weighted by Crippen LogP contribution is -2.24. The van der Waals surface area contributed by atoms with Crippen molar-refractivity contribution in [2.45, 2.75) is 32.6 Å². The van der Waals surface area contributed by atoms with Gasteiger partial charge >= 0.3 is 0 Å². The Kier molecular flexibility index (Phi) is 6.03. The SMILES string of the molecule is Cc1ccc(Cl)c(C2CC(=NN=C(N)N)c3c(C)ccnc3C2)c1.Cl. The van der Waals surface area contributed by atoms with E-state index in [1.54, 1.807) is 0 Å². The third-order valence-corrected chi connectivity index (χ3v) is 4.63. The lowest BCUT2D eigenvalue weighted by atomic mass is 9.79. The fraction of sp³-hybridized carbons (Fsp3) is 0.278. The number of benzene rings is 1. The van der Waals surface area contributed by atoms with Crippen molar-refractivity contribution in [3.63, 3.8) is 0 Å². The molecule has 0 radical (unpaired) electrons. The van der Waals surface area contributed by atoms with E-state index in [-0.39, 0.29) is 24.3 Å². The van der Waals surface area contributed by atoms with E-state index in [4.69, 9.17) is 23.1 Å². The molecule has 1 atom stereocenters. The van der Waals surface area contributed by atoms with Gasteiger partial charge in [-0.2, -0.15) is 5.10 Å². The first kappa shape index (κ1) is 19.2. The Labute approximate surface area is 158 Å². The molecule has 132 valence electrons. The molecule has 1 heterocycles. The maximum atomic E-state index is 6.44. The standard InChI is InChI=1S/C18H20ClN5.ClH/c1-10-3-4-14(19)13(7-10)12-8-15-17(11(2)5-6-22-15)16(9-12)23-24-18(20)21;/h3-7,12H,8-9H2,1-2H3,(H4,20,21,24);1H. The van der Waals surface area contributed by atoms with Crippen LogP contribution in [-0.4, -0.2) is 16.7 Å². The maximum Gasteiger partial charge on any atom is 0.211 e. The summed E-state index contributed by atoms with van der Waals surface area (Å²) in [5.41, 5.74) is 17.2. The summed E-state index contributed by atoms with van der Waals surface area (Å²) in [5.74, 6) is 0.147. The summed E-state index contributed by atoms with van der Waals surface area (Å²) in [6, 6.07) is 8.06. The van der Waals surface area contributed by atoms with E-state index in [1.165, 1.54) is 5.56 Å². The Morgan fingerprint density at radius 2 is 1.96 bits per heavy atom. The summed E-state index contributed by atoms with van der Waals surface area (Å²) in [7, 11) is 0. The number of hydrogen-bond donors (Lipinski definition) is 2. The Morgan fingerprint density at radius 1 is 1.20 bits per heavy atom. The molecular formula is C18H21Cl2N5. The summed E-state index contributed by atoms with van der Waals surface area (Å²) in [6.07, 6.45) is 3.37. The van der Waals surface area contributed by atoms with E-state index in [0.29, 0.717) is 0 Å². The van der Waals surface area contributed by atoms with Crippen molar-refractivity contribution < 1.29 is 0 Å². The monoisotopic (exact) mass is 377 g/mol. The van der Waals surface area contributed by atoms with Crippen LogP contribution in [0, 0.1) is 13.8 Å². The van der Waals surface area contributed by atoms with Crippen LogP contribution in [0.4, 0.5) is 0 Å². The van der Waals surface area contributed by atoms with E-state index < -0.39 is 0 Å². The van der Waals surface area contributed by atoms with E-state index in [0.717, 1.165) is 46.0 Å². The Balaban J connectivity index is 0.00000225. The minimum atomic E-state index is -0.0543. The van der Waals surface area contributed by atoms with Crippen molar-refractivity contribution in [3.05, 3.63) is 63.4 Å². The summed E-state index contributed by atoms with van der Waals surface area (Å²) in [6.45, 7) is 4.11. The van der Waals surface area contributed by atoms with Gasteiger partial charge in [0.1, 0.15) is 0 Å². The third kappa shape index (κ3) is 4.11. The fourth-order valence-electron chi connectivity index (χ4n) is 3.21. The minimum Gasteiger partial charge on any atom is -0.369 e. The topological polar surface area (TPSA) is 89.6 Å². The second kappa shape index (κ2) is 7.85. The van der Waals surface area contributed by atoms with Crippen LogP contribution in [-0.2, 0) is 6.42 Å². The molecule has 0 fully saturated rings. The summed E-state index contributed by atoms with van der Waals surface area (Å²) in [4.78, 5) is 4.55. The molecule has 1 aromatic heterocycles. The Morgan fingerprint density at radius 3 is 2.68 bits per heavy atom. The smallest absolute Gasteiger partial charge is 0.211 e. The van der Waals surface area contributed by atoms with Gasteiger partial charge < -0.3 is 11.5 Å². The van der Waals surface area contributed by atoms with Gasteiger partial charge in [0.2, 0.25) is 5.96 Å². The molecule has 0 saturated carbocycles. The molecular weight excluding hydrogens is 357 g/mol. The predicted octanol–water partition coefficient (Wildman–Crippen LogP) is 3.48. The molecule has 0 aliphatic heterocycles. The highest BCUT2D eigenvalue weighted by molar-refractivity contribution is 6.31. The Bertz CT molecular complexity index is 841. The fourth-order valence-corrected chi connectivity index (χ4v) is 3.48. The molecule has 0 saturated heterocycles. The van der Waals surface area contributed by atoms with Gasteiger partial charge in [0.25, 0.3) is 0 Å². The second-order valence-corrected chi connectivity index (χ2v) is 6.56. The van der Waals surface area contributed by atoms with Gasteiger partial charge in [-0.25, -0.2) is 0 Å². The molecule has 5 nitrogen and oxygen atoms in total. The molecule has 25 heavy (non-hydrogen) atoms. The van der Waals surface area contributed by atoms with Gasteiger partial charge in [0, 0.05) is 16.8 Å². The molecule has 1 unspecified atom stereocenters. The number of pyridine rings is 1. The summed E-state index contributed by atoms with van der Waals surface area (Å²) < 4.78 is 0. The first-order valence-electron chi connectivity index (χ1n) is 7.82.